The molecule has 1 aliphatic rings. The monoisotopic (exact) mass is 183 g/mol. The Morgan fingerprint density at radius 2 is 2.25 bits per heavy atom. The number of nitrogens with zero attached hydrogens (tertiary/aromatic N) is 2. The predicted octanol–water partition coefficient (Wildman–Crippen LogP) is 0.550. The van der Waals surface area contributed by atoms with Crippen LogP contribution < -0.4 is 5.73 Å². The minimum atomic E-state index is 0.462. The summed E-state index contributed by atoms with van der Waals surface area (Å²) in [5.74, 6) is 0.462. The van der Waals surface area contributed by atoms with Gasteiger partial charge in [-0.05, 0) is 0 Å². The van der Waals surface area contributed by atoms with Crippen molar-refractivity contribution < 1.29 is 4.74 Å². The van der Waals surface area contributed by atoms with Crippen LogP contribution in [-0.2, 0) is 4.74 Å². The lowest BCUT2D eigenvalue weighted by Gasteiger charge is -2.24. The maximum absolute atomic E-state index is 5.40. The topological polar surface area (TPSA) is 61.0 Å². The Balaban J connectivity index is 1.98. The molecule has 0 amide bonds. The van der Waals surface area contributed by atoms with Gasteiger partial charge >= 0.3 is 0 Å². The summed E-state index contributed by atoms with van der Waals surface area (Å²) in [6.45, 7) is 1.63. The number of rotatable bonds is 2. The average Bonchev–Trinajstić information content (AvgIpc) is 2.00. The summed E-state index contributed by atoms with van der Waals surface area (Å²) < 4.78 is 5.04. The lowest BCUT2D eigenvalue weighted by atomic mass is 10.4. The first kappa shape index (κ1) is 7.82. The molecular formula is C7H9N3OS. The number of anilines is 1. The zero-order valence-corrected chi connectivity index (χ0v) is 7.25. The highest BCUT2D eigenvalue weighted by Crippen LogP contribution is 2.25. The Labute approximate surface area is 74.5 Å². The molecule has 5 heteroatoms. The van der Waals surface area contributed by atoms with Crippen molar-refractivity contribution in [3.63, 3.8) is 0 Å². The van der Waals surface area contributed by atoms with Gasteiger partial charge in [0.15, 0.2) is 0 Å². The van der Waals surface area contributed by atoms with Crippen LogP contribution in [0.1, 0.15) is 0 Å². The third kappa shape index (κ3) is 1.67. The van der Waals surface area contributed by atoms with Gasteiger partial charge in [-0.3, -0.25) is 0 Å². The van der Waals surface area contributed by atoms with Crippen molar-refractivity contribution in [2.24, 2.45) is 0 Å². The number of nitrogens with two attached hydrogens (primary N) is 1. The molecule has 0 saturated carbocycles. The van der Waals surface area contributed by atoms with E-state index in [-0.39, 0.29) is 0 Å². The Hall–Kier alpha value is -0.810. The Bertz CT molecular complexity index is 260. The second kappa shape index (κ2) is 3.28. The molecule has 64 valence electrons. The van der Waals surface area contributed by atoms with Crippen LogP contribution in [0, 0.1) is 0 Å². The lowest BCUT2D eigenvalue weighted by Crippen LogP contribution is -2.30. The molecule has 12 heavy (non-hydrogen) atoms. The van der Waals surface area contributed by atoms with Gasteiger partial charge in [-0.1, -0.05) is 11.8 Å². The molecule has 4 nitrogen and oxygen atoms in total. The van der Waals surface area contributed by atoms with Crippen molar-refractivity contribution in [1.29, 1.82) is 0 Å². The summed E-state index contributed by atoms with van der Waals surface area (Å²) in [6.07, 6.45) is 3.26. The quantitative estimate of drug-likeness (QED) is 0.725. The van der Waals surface area contributed by atoms with E-state index in [1.54, 1.807) is 24.2 Å². The predicted molar refractivity (Wildman–Crippen MR) is 46.9 cm³/mol. The van der Waals surface area contributed by atoms with Gasteiger partial charge in [-0.15, -0.1) is 0 Å². The second-order valence-corrected chi connectivity index (χ2v) is 3.88. The van der Waals surface area contributed by atoms with Crippen molar-refractivity contribution in [2.45, 2.75) is 10.3 Å². The summed E-state index contributed by atoms with van der Waals surface area (Å²) in [7, 11) is 0. The zero-order chi connectivity index (χ0) is 8.39. The minimum absolute atomic E-state index is 0.462. The summed E-state index contributed by atoms with van der Waals surface area (Å²) in [6, 6.07) is 0. The van der Waals surface area contributed by atoms with Crippen LogP contribution >= 0.6 is 11.8 Å². The van der Waals surface area contributed by atoms with Crippen LogP contribution in [0.4, 0.5) is 5.82 Å². The highest BCUT2D eigenvalue weighted by Gasteiger charge is 2.19. The Morgan fingerprint density at radius 1 is 1.42 bits per heavy atom. The van der Waals surface area contributed by atoms with E-state index in [0.29, 0.717) is 11.1 Å². The van der Waals surface area contributed by atoms with E-state index >= 15 is 0 Å². The van der Waals surface area contributed by atoms with E-state index in [9.17, 15) is 0 Å². The molecule has 1 saturated heterocycles. The molecule has 0 atom stereocenters. The highest BCUT2D eigenvalue weighted by atomic mass is 32.2. The number of thioether (sulfide) groups is 1. The largest absolute Gasteiger partial charge is 0.382 e. The summed E-state index contributed by atoms with van der Waals surface area (Å²) in [4.78, 5) is 8.06. The average molecular weight is 183 g/mol. The Kier molecular flexibility index (Phi) is 2.14. The lowest BCUT2D eigenvalue weighted by molar-refractivity contribution is 0.0454. The number of hydrogen-bond acceptors (Lipinski definition) is 5. The van der Waals surface area contributed by atoms with Gasteiger partial charge in [-0.2, -0.15) is 0 Å². The van der Waals surface area contributed by atoms with Crippen LogP contribution in [0.3, 0.4) is 0 Å². The van der Waals surface area contributed by atoms with Crippen LogP contribution in [-0.4, -0.2) is 28.4 Å². The summed E-state index contributed by atoms with van der Waals surface area (Å²) >= 11 is 1.68. The molecule has 2 heterocycles. The Morgan fingerprint density at radius 3 is 2.75 bits per heavy atom. The van der Waals surface area contributed by atoms with Crippen molar-refractivity contribution in [1.82, 2.24) is 9.97 Å². The molecule has 0 aromatic carbocycles. The molecule has 1 aliphatic heterocycles. The van der Waals surface area contributed by atoms with Gasteiger partial charge in [0.1, 0.15) is 10.8 Å². The fraction of sp³-hybridized carbons (Fsp3) is 0.429. The normalized spacial score (nSPS) is 17.3. The first-order valence-corrected chi connectivity index (χ1v) is 4.54. The van der Waals surface area contributed by atoms with Gasteiger partial charge in [0.2, 0.25) is 0 Å². The van der Waals surface area contributed by atoms with E-state index in [1.807, 2.05) is 0 Å². The molecule has 0 radical (unpaired) electrons. The zero-order valence-electron chi connectivity index (χ0n) is 6.43. The third-order valence-corrected chi connectivity index (χ3v) is 2.60. The first-order valence-electron chi connectivity index (χ1n) is 3.66. The molecular weight excluding hydrogens is 174 g/mol. The first-order chi connectivity index (χ1) is 5.84. The van der Waals surface area contributed by atoms with Gasteiger partial charge in [-0.25, -0.2) is 9.97 Å². The standard InChI is InChI=1S/C7H9N3OS/c8-6-1-10-7(2-9-6)12-5-3-11-4-5/h1-2,5H,3-4H2,(H2,8,9). The molecule has 0 bridgehead atoms. The summed E-state index contributed by atoms with van der Waals surface area (Å²) in [5.41, 5.74) is 5.40. The van der Waals surface area contributed by atoms with E-state index < -0.39 is 0 Å². The second-order valence-electron chi connectivity index (χ2n) is 2.56. The molecule has 0 unspecified atom stereocenters. The molecule has 2 N–H and O–H groups in total. The van der Waals surface area contributed by atoms with Gasteiger partial charge in [0.25, 0.3) is 0 Å². The van der Waals surface area contributed by atoms with E-state index in [1.165, 1.54) is 0 Å². The van der Waals surface area contributed by atoms with E-state index in [0.717, 1.165) is 18.2 Å². The van der Waals surface area contributed by atoms with Crippen LogP contribution in [0.25, 0.3) is 0 Å². The maximum Gasteiger partial charge on any atom is 0.141 e. The molecule has 0 spiro atoms. The van der Waals surface area contributed by atoms with Crippen molar-refractivity contribution in [3.8, 4) is 0 Å². The van der Waals surface area contributed by atoms with Crippen molar-refractivity contribution >= 4 is 17.6 Å². The number of nitrogen functional groups attached to an aromatic ring is 1. The van der Waals surface area contributed by atoms with Crippen LogP contribution in [0.5, 0.6) is 0 Å². The SMILES string of the molecule is Nc1cnc(SC2COC2)cn1. The number of aromatic nitrogens is 2. The van der Waals surface area contributed by atoms with Gasteiger partial charge in [0, 0.05) is 0 Å². The molecule has 2 rings (SSSR count). The summed E-state index contributed by atoms with van der Waals surface area (Å²) in [5, 5.41) is 1.46. The maximum atomic E-state index is 5.40. The van der Waals surface area contributed by atoms with Crippen LogP contribution in [0.2, 0.25) is 0 Å². The molecule has 1 aromatic rings. The third-order valence-electron chi connectivity index (χ3n) is 1.54. The van der Waals surface area contributed by atoms with E-state index in [4.69, 9.17) is 10.5 Å². The number of hydrogen-bond donors (Lipinski definition) is 1. The molecule has 1 aromatic heterocycles. The fourth-order valence-corrected chi connectivity index (χ4v) is 1.74. The molecule has 0 aliphatic carbocycles. The fourth-order valence-electron chi connectivity index (χ4n) is 0.840. The minimum Gasteiger partial charge on any atom is -0.382 e. The molecule has 1 fully saturated rings. The smallest absolute Gasteiger partial charge is 0.141 e. The van der Waals surface area contributed by atoms with Crippen molar-refractivity contribution in [2.75, 3.05) is 18.9 Å². The van der Waals surface area contributed by atoms with E-state index in [2.05, 4.69) is 9.97 Å². The van der Waals surface area contributed by atoms with Gasteiger partial charge in [0.05, 0.1) is 30.9 Å². The highest BCUT2D eigenvalue weighted by molar-refractivity contribution is 8.00. The number of ether oxygens (including phenoxy) is 1. The van der Waals surface area contributed by atoms with Gasteiger partial charge < -0.3 is 10.5 Å². The van der Waals surface area contributed by atoms with Crippen LogP contribution in [0.15, 0.2) is 17.4 Å². The van der Waals surface area contributed by atoms with Crippen molar-refractivity contribution in [3.05, 3.63) is 12.4 Å².